The second kappa shape index (κ2) is 3.28. The Balaban J connectivity index is 3.28. The molecule has 12 heavy (non-hydrogen) atoms. The molecule has 0 atom stereocenters. The van der Waals surface area contributed by atoms with Crippen molar-refractivity contribution >= 4 is 37.4 Å². The maximum absolute atomic E-state index is 11.6. The van der Waals surface area contributed by atoms with E-state index in [1.807, 2.05) is 0 Å². The average Bonchev–Trinajstić information content (AvgIpc) is 1.83. The first-order chi connectivity index (χ1) is 5.41. The van der Waals surface area contributed by atoms with Crippen LogP contribution >= 0.6 is 18.7 Å². The average molecular weight is 198 g/mol. The lowest BCUT2D eigenvalue weighted by atomic mass is 9.97. The van der Waals surface area contributed by atoms with E-state index in [2.05, 4.69) is 0 Å². The van der Waals surface area contributed by atoms with Crippen molar-refractivity contribution in [3.63, 3.8) is 0 Å². The van der Waals surface area contributed by atoms with Crippen LogP contribution in [0.1, 0.15) is 0 Å². The fourth-order valence-corrected chi connectivity index (χ4v) is 2.77. The topological polar surface area (TPSA) is 17.1 Å². The fraction of sp³-hybridized carbons (Fsp3) is 0.250. The van der Waals surface area contributed by atoms with Crippen molar-refractivity contribution in [1.82, 2.24) is 0 Å². The highest BCUT2D eigenvalue weighted by Gasteiger charge is 2.14. The van der Waals surface area contributed by atoms with Gasteiger partial charge in [0.15, 0.2) is 0 Å². The molecule has 1 rings (SSSR count). The highest BCUT2D eigenvalue weighted by molar-refractivity contribution is 7.70. The van der Waals surface area contributed by atoms with Gasteiger partial charge in [0, 0.05) is 5.30 Å². The molecule has 0 unspecified atom stereocenters. The third-order valence-electron chi connectivity index (χ3n) is 1.55. The van der Waals surface area contributed by atoms with E-state index in [1.54, 1.807) is 31.5 Å². The summed E-state index contributed by atoms with van der Waals surface area (Å²) in [5, 5.41) is 1.18. The van der Waals surface area contributed by atoms with Crippen LogP contribution in [-0.4, -0.2) is 21.2 Å². The van der Waals surface area contributed by atoms with Crippen LogP contribution in [0.25, 0.3) is 0 Å². The Bertz CT molecular complexity index is 345. The third kappa shape index (κ3) is 2.15. The molecular weight excluding hydrogens is 189 g/mol. The van der Waals surface area contributed by atoms with Gasteiger partial charge in [0.1, 0.15) is 15.0 Å². The van der Waals surface area contributed by atoms with E-state index in [-0.39, 0.29) is 0 Å². The second-order valence-electron chi connectivity index (χ2n) is 3.06. The SMILES string of the molecule is [B]c1ccc(P(C)(C)=O)c(Cl)c1. The molecule has 0 saturated carbocycles. The highest BCUT2D eigenvalue weighted by atomic mass is 35.5. The van der Waals surface area contributed by atoms with E-state index < -0.39 is 7.14 Å². The summed E-state index contributed by atoms with van der Waals surface area (Å²) in [5.74, 6) is 0. The first kappa shape index (κ1) is 9.89. The molecule has 0 bridgehead atoms. The summed E-state index contributed by atoms with van der Waals surface area (Å²) in [7, 11) is 3.23. The molecule has 0 N–H and O–H groups in total. The maximum atomic E-state index is 11.6. The minimum atomic E-state index is -2.26. The zero-order chi connectivity index (χ0) is 9.35. The summed E-state index contributed by atoms with van der Waals surface area (Å²) in [6.07, 6.45) is 0. The minimum Gasteiger partial charge on any atom is -0.319 e. The molecule has 0 heterocycles. The van der Waals surface area contributed by atoms with E-state index in [4.69, 9.17) is 19.4 Å². The zero-order valence-electron chi connectivity index (χ0n) is 7.04. The van der Waals surface area contributed by atoms with Crippen molar-refractivity contribution in [2.24, 2.45) is 0 Å². The lowest BCUT2D eigenvalue weighted by molar-refractivity contribution is 0.588. The molecule has 0 amide bonds. The lowest BCUT2D eigenvalue weighted by Crippen LogP contribution is -2.11. The number of hydrogen-bond acceptors (Lipinski definition) is 1. The molecule has 2 radical (unpaired) electrons. The Morgan fingerprint density at radius 1 is 1.42 bits per heavy atom. The second-order valence-corrected chi connectivity index (χ2v) is 6.65. The predicted molar refractivity (Wildman–Crippen MR) is 55.9 cm³/mol. The normalized spacial score (nSPS) is 11.6. The zero-order valence-corrected chi connectivity index (χ0v) is 8.69. The first-order valence-corrected chi connectivity index (χ1v) is 6.50. The molecule has 0 aliphatic rings. The van der Waals surface area contributed by atoms with Gasteiger partial charge in [-0.05, 0) is 19.4 Å². The Labute approximate surface area is 78.9 Å². The molecule has 1 aromatic carbocycles. The van der Waals surface area contributed by atoms with E-state index in [0.717, 1.165) is 0 Å². The van der Waals surface area contributed by atoms with Crippen molar-refractivity contribution in [1.29, 1.82) is 0 Å². The van der Waals surface area contributed by atoms with Crippen molar-refractivity contribution in [2.75, 3.05) is 13.3 Å². The summed E-state index contributed by atoms with van der Waals surface area (Å²) in [6.45, 7) is 3.37. The van der Waals surface area contributed by atoms with Crippen LogP contribution < -0.4 is 10.8 Å². The predicted octanol–water partition coefficient (Wildman–Crippen LogP) is 1.38. The van der Waals surface area contributed by atoms with Gasteiger partial charge in [-0.15, -0.1) is 0 Å². The van der Waals surface area contributed by atoms with Gasteiger partial charge in [-0.25, -0.2) is 0 Å². The Hall–Kier alpha value is -0.195. The summed E-state index contributed by atoms with van der Waals surface area (Å²) >= 11 is 5.86. The van der Waals surface area contributed by atoms with E-state index in [1.165, 1.54) is 0 Å². The van der Waals surface area contributed by atoms with E-state index in [9.17, 15) is 4.57 Å². The lowest BCUT2D eigenvalue weighted by Gasteiger charge is -2.09. The molecule has 1 aromatic rings. The Kier molecular flexibility index (Phi) is 2.70. The molecule has 62 valence electrons. The number of hydrogen-bond donors (Lipinski definition) is 0. The van der Waals surface area contributed by atoms with E-state index in [0.29, 0.717) is 15.8 Å². The maximum Gasteiger partial charge on any atom is 0.113 e. The summed E-state index contributed by atoms with van der Waals surface area (Å²) in [5.41, 5.74) is 0.595. The van der Waals surface area contributed by atoms with Gasteiger partial charge in [-0.2, -0.15) is 0 Å². The van der Waals surface area contributed by atoms with Crippen LogP contribution in [0.3, 0.4) is 0 Å². The molecule has 4 heteroatoms. The molecule has 1 nitrogen and oxygen atoms in total. The monoisotopic (exact) mass is 198 g/mol. The summed E-state index contributed by atoms with van der Waals surface area (Å²) < 4.78 is 11.6. The molecule has 0 aliphatic carbocycles. The van der Waals surface area contributed by atoms with Crippen molar-refractivity contribution in [2.45, 2.75) is 0 Å². The molecule has 0 aromatic heterocycles. The summed E-state index contributed by atoms with van der Waals surface area (Å²) in [6, 6.07) is 5.05. The van der Waals surface area contributed by atoms with Crippen molar-refractivity contribution in [3.8, 4) is 0 Å². The number of benzene rings is 1. The molecule has 0 aliphatic heterocycles. The summed E-state index contributed by atoms with van der Waals surface area (Å²) in [4.78, 5) is 0. The number of rotatable bonds is 1. The molecule has 0 saturated heterocycles. The molecule has 0 fully saturated rings. The van der Waals surface area contributed by atoms with Gasteiger partial charge in [0.05, 0.1) is 5.02 Å². The van der Waals surface area contributed by atoms with Crippen molar-refractivity contribution in [3.05, 3.63) is 23.2 Å². The van der Waals surface area contributed by atoms with Crippen molar-refractivity contribution < 1.29 is 4.57 Å². The fourth-order valence-electron chi connectivity index (χ4n) is 0.960. The Morgan fingerprint density at radius 2 is 2.00 bits per heavy atom. The van der Waals surface area contributed by atoms with Crippen LogP contribution in [0.5, 0.6) is 0 Å². The van der Waals surface area contributed by atoms with Gasteiger partial charge < -0.3 is 4.57 Å². The van der Waals surface area contributed by atoms with Crippen LogP contribution in [0.15, 0.2) is 18.2 Å². The molecule has 0 spiro atoms. The van der Waals surface area contributed by atoms with E-state index >= 15 is 0 Å². The van der Waals surface area contributed by atoms with Crippen LogP contribution in [-0.2, 0) is 4.57 Å². The van der Waals surface area contributed by atoms with Crippen LogP contribution in [0, 0.1) is 0 Å². The number of halogens is 1. The van der Waals surface area contributed by atoms with Gasteiger partial charge >= 0.3 is 0 Å². The van der Waals surface area contributed by atoms with Crippen LogP contribution in [0.4, 0.5) is 0 Å². The quantitative estimate of drug-likeness (QED) is 0.492. The Morgan fingerprint density at radius 3 is 2.42 bits per heavy atom. The highest BCUT2D eigenvalue weighted by Crippen LogP contribution is 2.36. The third-order valence-corrected chi connectivity index (χ3v) is 3.55. The first-order valence-electron chi connectivity index (χ1n) is 3.52. The largest absolute Gasteiger partial charge is 0.319 e. The van der Waals surface area contributed by atoms with Gasteiger partial charge in [0.25, 0.3) is 0 Å². The van der Waals surface area contributed by atoms with Crippen LogP contribution in [0.2, 0.25) is 5.02 Å². The molecular formula is C8H9BClOP. The minimum absolute atomic E-state index is 0.489. The van der Waals surface area contributed by atoms with Gasteiger partial charge in [-0.3, -0.25) is 0 Å². The smallest absolute Gasteiger partial charge is 0.113 e. The van der Waals surface area contributed by atoms with Gasteiger partial charge in [-0.1, -0.05) is 29.2 Å². The standard InChI is InChI=1S/C8H9BClOP/c1-12(2,11)8-4-3-6(9)5-7(8)10/h3-5H,1-2H3. The van der Waals surface area contributed by atoms with Gasteiger partial charge in [0.2, 0.25) is 0 Å².